The number of carbonyl (C=O) groups excluding carboxylic acids is 2. The summed E-state index contributed by atoms with van der Waals surface area (Å²) in [7, 11) is 0. The Morgan fingerprint density at radius 3 is 2.66 bits per heavy atom. The van der Waals surface area contributed by atoms with E-state index in [9.17, 15) is 22.8 Å². The molecular formula is C22H20BrCl2F3N4O3. The second-order valence-electron chi connectivity index (χ2n) is 7.89. The average Bonchev–Trinajstić information content (AvgIpc) is 2.77. The van der Waals surface area contributed by atoms with Gasteiger partial charge in [-0.2, -0.15) is 0 Å². The molecule has 1 aromatic heterocycles. The smallest absolute Gasteiger partial charge is 0.410 e. The van der Waals surface area contributed by atoms with Gasteiger partial charge in [-0.05, 0) is 52.2 Å². The zero-order valence-corrected chi connectivity index (χ0v) is 21.4. The van der Waals surface area contributed by atoms with E-state index < -0.39 is 40.8 Å². The monoisotopic (exact) mass is 594 g/mol. The summed E-state index contributed by atoms with van der Waals surface area (Å²) in [6, 6.07) is 5.13. The van der Waals surface area contributed by atoms with Crippen molar-refractivity contribution in [3.05, 3.63) is 63.1 Å². The van der Waals surface area contributed by atoms with Crippen LogP contribution >= 0.6 is 39.1 Å². The molecule has 7 nitrogen and oxygen atoms in total. The number of Topliss-reactive ketones (excluding diaryl/α,β-unsaturated/α-hetero) is 1. The second-order valence-corrected chi connectivity index (χ2v) is 10.1. The number of rotatable bonds is 7. The first-order valence-electron chi connectivity index (χ1n) is 10.2. The number of halogens is 6. The Bertz CT molecular complexity index is 1170. The van der Waals surface area contributed by atoms with Gasteiger partial charge in [0.15, 0.2) is 11.3 Å². The Morgan fingerprint density at radius 2 is 2.03 bits per heavy atom. The van der Waals surface area contributed by atoms with Gasteiger partial charge in [0, 0.05) is 22.7 Å². The summed E-state index contributed by atoms with van der Waals surface area (Å²) in [5, 5.41) is 0. The minimum atomic E-state index is -3.25. The van der Waals surface area contributed by atoms with Crippen molar-refractivity contribution in [1.29, 1.82) is 0 Å². The molecule has 1 aliphatic rings. The van der Waals surface area contributed by atoms with E-state index >= 15 is 0 Å². The molecule has 3 rings (SSSR count). The lowest BCUT2D eigenvalue weighted by Crippen LogP contribution is -2.55. The van der Waals surface area contributed by atoms with Crippen LogP contribution in [0.1, 0.15) is 27.2 Å². The fourth-order valence-corrected chi connectivity index (χ4v) is 4.29. The van der Waals surface area contributed by atoms with Crippen molar-refractivity contribution in [3.63, 3.8) is 0 Å². The molecule has 0 radical (unpaired) electrons. The van der Waals surface area contributed by atoms with Gasteiger partial charge in [0.1, 0.15) is 28.8 Å². The van der Waals surface area contributed by atoms with Crippen LogP contribution in [0.2, 0.25) is 0 Å². The highest BCUT2D eigenvalue weighted by Gasteiger charge is 2.49. The molecule has 1 aromatic carbocycles. The molecular weight excluding hydrogens is 576 g/mol. The van der Waals surface area contributed by atoms with Crippen molar-refractivity contribution < 1.29 is 27.5 Å². The van der Waals surface area contributed by atoms with Gasteiger partial charge >= 0.3 is 6.09 Å². The third-order valence-corrected chi connectivity index (χ3v) is 5.94. The lowest BCUT2D eigenvalue weighted by Gasteiger charge is -2.39. The maximum absolute atomic E-state index is 14.9. The second kappa shape index (κ2) is 11.1. The van der Waals surface area contributed by atoms with Gasteiger partial charge in [-0.1, -0.05) is 6.07 Å². The first-order valence-corrected chi connectivity index (χ1v) is 11.9. The molecule has 0 saturated heterocycles. The summed E-state index contributed by atoms with van der Waals surface area (Å²) in [6.07, 6.45) is -3.02. The maximum atomic E-state index is 14.9. The molecule has 188 valence electrons. The number of nitrogens with two attached hydrogens (primary N) is 1. The van der Waals surface area contributed by atoms with E-state index in [1.54, 1.807) is 13.0 Å². The van der Waals surface area contributed by atoms with E-state index in [-0.39, 0.29) is 42.4 Å². The molecule has 1 amide bonds. The number of alkyl halides is 4. The lowest BCUT2D eigenvalue weighted by molar-refractivity contribution is 0.0208. The molecule has 13 heteroatoms. The average molecular weight is 596 g/mol. The summed E-state index contributed by atoms with van der Waals surface area (Å²) in [5.74, 6) is -1.70. The molecule has 0 saturated carbocycles. The van der Waals surface area contributed by atoms with Crippen molar-refractivity contribution in [1.82, 2.24) is 9.88 Å². The van der Waals surface area contributed by atoms with E-state index in [0.717, 1.165) is 17.0 Å². The van der Waals surface area contributed by atoms with Crippen LogP contribution in [-0.4, -0.2) is 58.6 Å². The number of amides is 1. The van der Waals surface area contributed by atoms with E-state index in [2.05, 4.69) is 25.9 Å². The summed E-state index contributed by atoms with van der Waals surface area (Å²) >= 11 is 14.4. The predicted octanol–water partition coefficient (Wildman–Crippen LogP) is 4.79. The molecule has 2 heterocycles. The molecule has 35 heavy (non-hydrogen) atoms. The largest absolute Gasteiger partial charge is 0.447 e. The summed E-state index contributed by atoms with van der Waals surface area (Å²) in [4.78, 5) is 33.0. The number of amidine groups is 1. The van der Waals surface area contributed by atoms with Crippen LogP contribution in [0, 0.1) is 12.7 Å². The van der Waals surface area contributed by atoms with Crippen molar-refractivity contribution >= 4 is 56.8 Å². The van der Waals surface area contributed by atoms with Gasteiger partial charge in [0.25, 0.3) is 6.43 Å². The standard InChI is InChI=1S/C22H20BrCl2F3N4O3/c1-11-4-13(23)7-30-19(11)16(33)6-12-2-3-15(26)14(5-12)22(20(27)28)10-32(8-18(29)31-22)21(34)35-9-17(24)25/h2-5,7,17,20H,6,8-10H2,1H3,(H2,29,31). The van der Waals surface area contributed by atoms with Crippen LogP contribution in [0.25, 0.3) is 0 Å². The third-order valence-electron chi connectivity index (χ3n) is 5.25. The van der Waals surface area contributed by atoms with Crippen molar-refractivity contribution in [2.24, 2.45) is 10.7 Å². The molecule has 0 bridgehead atoms. The number of nitrogens with zero attached hydrogens (tertiary/aromatic N) is 3. The van der Waals surface area contributed by atoms with Crippen molar-refractivity contribution in [3.8, 4) is 0 Å². The van der Waals surface area contributed by atoms with Crippen LogP contribution in [-0.2, 0) is 16.7 Å². The van der Waals surface area contributed by atoms with Gasteiger partial charge < -0.3 is 10.5 Å². The first kappa shape index (κ1) is 27.2. The zero-order valence-electron chi connectivity index (χ0n) is 18.3. The lowest BCUT2D eigenvalue weighted by atomic mass is 9.86. The van der Waals surface area contributed by atoms with Crippen molar-refractivity contribution in [2.45, 2.75) is 30.1 Å². The minimum absolute atomic E-state index is 0.202. The van der Waals surface area contributed by atoms with E-state index in [1.165, 1.54) is 12.3 Å². The number of hydrogen-bond donors (Lipinski definition) is 1. The summed E-state index contributed by atoms with van der Waals surface area (Å²) in [5.41, 5.74) is 3.82. The minimum Gasteiger partial charge on any atom is -0.447 e. The van der Waals surface area contributed by atoms with Crippen LogP contribution in [0.3, 0.4) is 0 Å². The summed E-state index contributed by atoms with van der Waals surface area (Å²) < 4.78 is 49.5. The number of ether oxygens (including phenoxy) is 1. The molecule has 2 N–H and O–H groups in total. The number of aliphatic imine (C=N–C) groups is 1. The highest BCUT2D eigenvalue weighted by atomic mass is 79.9. The van der Waals surface area contributed by atoms with Gasteiger partial charge in [0.2, 0.25) is 0 Å². The maximum Gasteiger partial charge on any atom is 0.410 e. The van der Waals surface area contributed by atoms with Crippen LogP contribution in [0.5, 0.6) is 0 Å². The van der Waals surface area contributed by atoms with Gasteiger partial charge in [-0.15, -0.1) is 23.2 Å². The number of ketones is 1. The molecule has 1 unspecified atom stereocenters. The van der Waals surface area contributed by atoms with Crippen LogP contribution in [0.4, 0.5) is 18.0 Å². The number of aromatic nitrogens is 1. The molecule has 1 aliphatic heterocycles. The van der Waals surface area contributed by atoms with Crippen LogP contribution in [0.15, 0.2) is 39.9 Å². The number of hydrogen-bond acceptors (Lipinski definition) is 6. The number of pyridine rings is 1. The van der Waals surface area contributed by atoms with Gasteiger partial charge in [-0.3, -0.25) is 19.7 Å². The topological polar surface area (TPSA) is 97.9 Å². The fourth-order valence-electron chi connectivity index (χ4n) is 3.72. The first-order chi connectivity index (χ1) is 16.4. The third kappa shape index (κ3) is 6.25. The normalized spacial score (nSPS) is 18.1. The highest BCUT2D eigenvalue weighted by Crippen LogP contribution is 2.38. The Labute approximate surface area is 217 Å². The Morgan fingerprint density at radius 1 is 1.31 bits per heavy atom. The molecule has 2 aromatic rings. The van der Waals surface area contributed by atoms with E-state index in [1.807, 2.05) is 0 Å². The van der Waals surface area contributed by atoms with Gasteiger partial charge in [0.05, 0.1) is 13.1 Å². The number of benzene rings is 1. The van der Waals surface area contributed by atoms with Gasteiger partial charge in [-0.25, -0.2) is 18.0 Å². The van der Waals surface area contributed by atoms with E-state index in [4.69, 9.17) is 33.7 Å². The molecule has 0 fully saturated rings. The number of aryl methyl sites for hydroxylation is 1. The fraction of sp³-hybridized carbons (Fsp3) is 0.364. The van der Waals surface area contributed by atoms with Crippen molar-refractivity contribution in [2.75, 3.05) is 19.7 Å². The highest BCUT2D eigenvalue weighted by molar-refractivity contribution is 9.10. The quantitative estimate of drug-likeness (QED) is 0.367. The molecule has 0 aliphatic carbocycles. The molecule has 0 spiro atoms. The zero-order chi connectivity index (χ0) is 25.9. The molecule has 1 atom stereocenters. The van der Waals surface area contributed by atoms with E-state index in [0.29, 0.717) is 10.0 Å². The Kier molecular flexibility index (Phi) is 8.66. The Balaban J connectivity index is 1.96. The van der Waals surface area contributed by atoms with Crippen LogP contribution < -0.4 is 5.73 Å². The SMILES string of the molecule is Cc1cc(Br)cnc1C(=O)Cc1ccc(F)c(C2(C(F)F)CN(C(=O)OCC(Cl)Cl)CC(N)=N2)c1. The summed E-state index contributed by atoms with van der Waals surface area (Å²) in [6.45, 7) is 0.293. The number of carbonyl (C=O) groups is 2. The predicted molar refractivity (Wildman–Crippen MR) is 129 cm³/mol. The Hall–Kier alpha value is -2.37.